The number of nitrogens with one attached hydrogen (secondary N) is 1. The minimum Gasteiger partial charge on any atom is -0.339 e. The summed E-state index contributed by atoms with van der Waals surface area (Å²) >= 11 is 0. The van der Waals surface area contributed by atoms with Gasteiger partial charge in [0.05, 0.1) is 10.6 Å². The molecule has 0 aliphatic heterocycles. The summed E-state index contributed by atoms with van der Waals surface area (Å²) in [5.41, 5.74) is 1.91. The molecule has 1 saturated carbocycles. The summed E-state index contributed by atoms with van der Waals surface area (Å²) in [6, 6.07) is 13.6. The Hall–Kier alpha value is -2.34. The van der Waals surface area contributed by atoms with Crippen molar-refractivity contribution in [2.24, 2.45) is 5.92 Å². The molecule has 0 saturated heterocycles. The first kappa shape index (κ1) is 20.4. The van der Waals surface area contributed by atoms with E-state index in [2.05, 4.69) is 11.6 Å². The highest BCUT2D eigenvalue weighted by Crippen LogP contribution is 2.27. The summed E-state index contributed by atoms with van der Waals surface area (Å²) < 4.78 is 27.9. The number of carbonyl (C=O) groups is 1. The normalized spacial score (nSPS) is 19.8. The first-order chi connectivity index (χ1) is 13.3. The SMILES string of the molecule is Cc1ccccc1NS(=O)(=O)c1ccc(C(=O)N(C)C2CCC(C)CC2)cc1. The molecule has 1 aliphatic carbocycles. The van der Waals surface area contributed by atoms with Crippen molar-refractivity contribution in [3.05, 3.63) is 59.7 Å². The fraction of sp³-hybridized carbons (Fsp3) is 0.409. The monoisotopic (exact) mass is 400 g/mol. The van der Waals surface area contributed by atoms with Crippen molar-refractivity contribution in [1.82, 2.24) is 4.90 Å². The number of amides is 1. The average Bonchev–Trinajstić information content (AvgIpc) is 2.69. The maximum absolute atomic E-state index is 12.8. The lowest BCUT2D eigenvalue weighted by Crippen LogP contribution is -2.39. The van der Waals surface area contributed by atoms with Gasteiger partial charge in [-0.25, -0.2) is 8.42 Å². The van der Waals surface area contributed by atoms with Crippen LogP contribution in [0, 0.1) is 12.8 Å². The molecule has 3 rings (SSSR count). The Labute approximate surface area is 167 Å². The topological polar surface area (TPSA) is 66.5 Å². The number of rotatable bonds is 5. The number of hydrogen-bond acceptors (Lipinski definition) is 3. The number of sulfonamides is 1. The van der Waals surface area contributed by atoms with E-state index in [1.165, 1.54) is 12.1 Å². The summed E-state index contributed by atoms with van der Waals surface area (Å²) in [5.74, 6) is 0.667. The highest BCUT2D eigenvalue weighted by molar-refractivity contribution is 7.92. The van der Waals surface area contributed by atoms with E-state index in [1.807, 2.05) is 26.1 Å². The Bertz CT molecular complexity index is 931. The number of nitrogens with zero attached hydrogens (tertiary/aromatic N) is 1. The van der Waals surface area contributed by atoms with Gasteiger partial charge in [0.25, 0.3) is 15.9 Å². The van der Waals surface area contributed by atoms with Crippen LogP contribution in [0.2, 0.25) is 0 Å². The Morgan fingerprint density at radius 3 is 2.21 bits per heavy atom. The quantitative estimate of drug-likeness (QED) is 0.806. The van der Waals surface area contributed by atoms with Gasteiger partial charge in [-0.05, 0) is 74.4 Å². The molecule has 0 aromatic heterocycles. The minimum absolute atomic E-state index is 0.0598. The molecule has 0 radical (unpaired) electrons. The van der Waals surface area contributed by atoms with E-state index in [4.69, 9.17) is 0 Å². The van der Waals surface area contributed by atoms with E-state index >= 15 is 0 Å². The van der Waals surface area contributed by atoms with Gasteiger partial charge in [-0.3, -0.25) is 9.52 Å². The van der Waals surface area contributed by atoms with Crippen LogP contribution in [0.5, 0.6) is 0 Å². The maximum Gasteiger partial charge on any atom is 0.261 e. The Kier molecular flexibility index (Phi) is 6.08. The molecule has 2 aromatic rings. The van der Waals surface area contributed by atoms with Crippen molar-refractivity contribution >= 4 is 21.6 Å². The molecule has 0 bridgehead atoms. The van der Waals surface area contributed by atoms with Crippen molar-refractivity contribution in [3.63, 3.8) is 0 Å². The molecule has 1 amide bonds. The molecular weight excluding hydrogens is 372 g/mol. The van der Waals surface area contributed by atoms with E-state index < -0.39 is 10.0 Å². The second kappa shape index (κ2) is 8.35. The molecule has 0 heterocycles. The van der Waals surface area contributed by atoms with Crippen LogP contribution in [0.25, 0.3) is 0 Å². The maximum atomic E-state index is 12.8. The summed E-state index contributed by atoms with van der Waals surface area (Å²) in [5, 5.41) is 0. The van der Waals surface area contributed by atoms with Crippen molar-refractivity contribution in [1.29, 1.82) is 0 Å². The van der Waals surface area contributed by atoms with Gasteiger partial charge in [0.2, 0.25) is 0 Å². The van der Waals surface area contributed by atoms with Crippen LogP contribution in [0.3, 0.4) is 0 Å². The van der Waals surface area contributed by atoms with Gasteiger partial charge in [-0.1, -0.05) is 25.1 Å². The van der Waals surface area contributed by atoms with Crippen LogP contribution in [0.15, 0.2) is 53.4 Å². The van der Waals surface area contributed by atoms with Crippen LogP contribution in [-0.2, 0) is 10.0 Å². The molecule has 1 N–H and O–H groups in total. The zero-order chi connectivity index (χ0) is 20.3. The molecule has 0 unspecified atom stereocenters. The predicted molar refractivity (Wildman–Crippen MR) is 112 cm³/mol. The van der Waals surface area contributed by atoms with Crippen molar-refractivity contribution < 1.29 is 13.2 Å². The number of carbonyl (C=O) groups excluding carboxylic acids is 1. The summed E-state index contributed by atoms with van der Waals surface area (Å²) in [7, 11) is -1.86. The van der Waals surface area contributed by atoms with Gasteiger partial charge < -0.3 is 4.90 Å². The van der Waals surface area contributed by atoms with Crippen molar-refractivity contribution in [2.45, 2.75) is 50.5 Å². The van der Waals surface area contributed by atoms with E-state index in [-0.39, 0.29) is 16.8 Å². The Balaban J connectivity index is 1.72. The molecule has 6 heteroatoms. The van der Waals surface area contributed by atoms with Gasteiger partial charge in [-0.15, -0.1) is 0 Å². The number of hydrogen-bond donors (Lipinski definition) is 1. The molecule has 0 atom stereocenters. The fourth-order valence-electron chi connectivity index (χ4n) is 3.67. The van der Waals surface area contributed by atoms with Crippen LogP contribution < -0.4 is 4.72 Å². The zero-order valence-electron chi connectivity index (χ0n) is 16.7. The van der Waals surface area contributed by atoms with Crippen LogP contribution in [0.4, 0.5) is 5.69 Å². The Morgan fingerprint density at radius 1 is 1.00 bits per heavy atom. The lowest BCUT2D eigenvalue weighted by Gasteiger charge is -2.33. The van der Waals surface area contributed by atoms with E-state index in [0.29, 0.717) is 11.3 Å². The molecule has 2 aromatic carbocycles. The smallest absolute Gasteiger partial charge is 0.261 e. The van der Waals surface area contributed by atoms with Crippen LogP contribution in [0.1, 0.15) is 48.5 Å². The van der Waals surface area contributed by atoms with Gasteiger partial charge in [0.15, 0.2) is 0 Å². The van der Waals surface area contributed by atoms with Gasteiger partial charge in [0, 0.05) is 18.7 Å². The molecule has 1 fully saturated rings. The standard InChI is InChI=1S/C22H28N2O3S/c1-16-8-12-19(13-9-16)24(3)22(25)18-10-14-20(15-11-18)28(26,27)23-21-7-5-4-6-17(21)2/h4-7,10-11,14-16,19,23H,8-9,12-13H2,1-3H3. The van der Waals surface area contributed by atoms with E-state index in [9.17, 15) is 13.2 Å². The fourth-order valence-corrected chi connectivity index (χ4v) is 4.80. The van der Waals surface area contributed by atoms with E-state index in [0.717, 1.165) is 37.2 Å². The highest BCUT2D eigenvalue weighted by Gasteiger charge is 2.25. The highest BCUT2D eigenvalue weighted by atomic mass is 32.2. The number of benzene rings is 2. The predicted octanol–water partition coefficient (Wildman–Crippen LogP) is 4.45. The van der Waals surface area contributed by atoms with Gasteiger partial charge in [-0.2, -0.15) is 0 Å². The first-order valence-electron chi connectivity index (χ1n) is 9.73. The van der Waals surface area contributed by atoms with Crippen LogP contribution in [-0.4, -0.2) is 32.3 Å². The molecule has 5 nitrogen and oxygen atoms in total. The third-order valence-electron chi connectivity index (χ3n) is 5.65. The molecule has 1 aliphatic rings. The molecule has 150 valence electrons. The second-order valence-electron chi connectivity index (χ2n) is 7.77. The zero-order valence-corrected chi connectivity index (χ0v) is 17.5. The minimum atomic E-state index is -3.70. The number of anilines is 1. The largest absolute Gasteiger partial charge is 0.339 e. The third kappa shape index (κ3) is 4.55. The van der Waals surface area contributed by atoms with Gasteiger partial charge >= 0.3 is 0 Å². The lowest BCUT2D eigenvalue weighted by atomic mass is 9.86. The number of para-hydroxylation sites is 1. The van der Waals surface area contributed by atoms with Crippen LogP contribution >= 0.6 is 0 Å². The molecular formula is C22H28N2O3S. The average molecular weight is 401 g/mol. The number of aryl methyl sites for hydroxylation is 1. The second-order valence-corrected chi connectivity index (χ2v) is 9.46. The van der Waals surface area contributed by atoms with Crippen molar-refractivity contribution in [3.8, 4) is 0 Å². The molecule has 28 heavy (non-hydrogen) atoms. The molecule has 0 spiro atoms. The first-order valence-corrected chi connectivity index (χ1v) is 11.2. The Morgan fingerprint density at radius 2 is 1.61 bits per heavy atom. The lowest BCUT2D eigenvalue weighted by molar-refractivity contribution is 0.0679. The summed E-state index contributed by atoms with van der Waals surface area (Å²) in [6.45, 7) is 4.10. The third-order valence-corrected chi connectivity index (χ3v) is 7.04. The van der Waals surface area contributed by atoms with Crippen molar-refractivity contribution in [2.75, 3.05) is 11.8 Å². The van der Waals surface area contributed by atoms with E-state index in [1.54, 1.807) is 29.2 Å². The van der Waals surface area contributed by atoms with Gasteiger partial charge in [0.1, 0.15) is 0 Å². The summed E-state index contributed by atoms with van der Waals surface area (Å²) in [4.78, 5) is 14.7. The summed E-state index contributed by atoms with van der Waals surface area (Å²) in [6.07, 6.45) is 4.33.